The third-order valence-electron chi connectivity index (χ3n) is 17.8. The van der Waals surface area contributed by atoms with Crippen LogP contribution in [0.25, 0.3) is 19.9 Å². The van der Waals surface area contributed by atoms with Gasteiger partial charge in [-0.05, 0) is 101 Å². The molecule has 1 aromatic carbocycles. The normalized spacial score (nSPS) is 12.8. The van der Waals surface area contributed by atoms with Crippen molar-refractivity contribution >= 4 is 32.9 Å². The summed E-state index contributed by atoms with van der Waals surface area (Å²) in [4.78, 5) is 38.4. The first kappa shape index (κ1) is 85.8. The molecule has 0 atom stereocenters. The molecule has 1 fully saturated rings. The van der Waals surface area contributed by atoms with E-state index in [0.717, 1.165) is 62.2 Å². The Hall–Kier alpha value is -2.27. The third kappa shape index (κ3) is 27.7. The largest absolute Gasteiger partial charge is 2.00 e. The van der Waals surface area contributed by atoms with Crippen LogP contribution in [0.3, 0.4) is 0 Å². The van der Waals surface area contributed by atoms with Crippen LogP contribution in [-0.4, -0.2) is 66.1 Å². The fourth-order valence-corrected chi connectivity index (χ4v) is 36.2. The topological polar surface area (TPSA) is 117 Å². The van der Waals surface area contributed by atoms with Crippen LogP contribution >= 0.6 is 0 Å². The van der Waals surface area contributed by atoms with Crippen molar-refractivity contribution in [3.63, 3.8) is 0 Å². The Labute approximate surface area is 560 Å². The second kappa shape index (κ2) is 45.1. The molecule has 0 saturated carbocycles. The standard InChI is InChI=1S/4C15H27N2Si.C7H8.C4H8O.2Zn/c4*1-12(2)18(13(3)4,14(5)6)17-11-15-9-7-8-10-16-15;1-7-5-3-2-4-6-7;1-2-4-5-3-1;;/h4*7-10,12-14H,11H2,1-6H3;2-6H,1H3;1-4H2;;/q4*-1;;;2*+2. The quantitative estimate of drug-likeness (QED) is 0.0571. The van der Waals surface area contributed by atoms with Gasteiger partial charge in [0.1, 0.15) is 0 Å². The molecule has 0 aliphatic carbocycles. The van der Waals surface area contributed by atoms with E-state index in [0.29, 0.717) is 66.5 Å². The second-order valence-corrected chi connectivity index (χ2v) is 49.1. The first-order chi connectivity index (χ1) is 39.5. The molecule has 0 unspecified atom stereocenters. The van der Waals surface area contributed by atoms with Crippen LogP contribution in [0.4, 0.5) is 0 Å². The van der Waals surface area contributed by atoms with Gasteiger partial charge in [-0.3, -0.25) is 19.9 Å². The monoisotopic (exact) mass is 1340 g/mol. The van der Waals surface area contributed by atoms with Crippen molar-refractivity contribution in [2.75, 3.05) is 13.2 Å². The van der Waals surface area contributed by atoms with E-state index in [-0.39, 0.29) is 39.0 Å². The molecule has 1 aliphatic heterocycles. The summed E-state index contributed by atoms with van der Waals surface area (Å²) in [6.07, 6.45) is 9.98. The molecule has 0 bridgehead atoms. The van der Waals surface area contributed by atoms with E-state index in [9.17, 15) is 0 Å². The number of aryl methyl sites for hydroxylation is 1. The molecule has 4 aromatic heterocycles. The summed E-state index contributed by atoms with van der Waals surface area (Å²) >= 11 is 0. The SMILES string of the molecule is C1CCOC1.CC(C)[Si]([N-]Cc1ccccn1)(C(C)C)C(C)C.CC(C)[Si]([N-]Cc1ccccn1)(C(C)C)C(C)C.CC(C)[Si]([N-]Cc1ccccn1)(C(C)C)C(C)C.CC(C)[Si]([N-]Cc1ccccn1)(C(C)C)C(C)C.Cc1ccccc1.[Zn+2].[Zn+2]. The molecule has 0 spiro atoms. The summed E-state index contributed by atoms with van der Waals surface area (Å²) in [5.41, 5.74) is 13.9. The van der Waals surface area contributed by atoms with Gasteiger partial charge in [-0.25, -0.2) is 0 Å². The van der Waals surface area contributed by atoms with Crippen LogP contribution in [0.15, 0.2) is 128 Å². The second-order valence-electron chi connectivity index (χ2n) is 26.9. The van der Waals surface area contributed by atoms with Crippen molar-refractivity contribution in [1.29, 1.82) is 0 Å². The Morgan fingerprint density at radius 2 is 0.488 bits per heavy atom. The molecule has 6 rings (SSSR count). The Morgan fingerprint density at radius 3 is 0.605 bits per heavy atom. The molecular formula is C71H124N8OSi4Zn2. The van der Waals surface area contributed by atoms with E-state index in [1.807, 2.05) is 91.5 Å². The first-order valence-electron chi connectivity index (χ1n) is 32.5. The number of benzene rings is 1. The minimum Gasteiger partial charge on any atom is -0.659 e. The van der Waals surface area contributed by atoms with Gasteiger partial charge < -0.3 is 24.7 Å². The van der Waals surface area contributed by atoms with Gasteiger partial charge in [0.05, 0.1) is 0 Å². The fourth-order valence-electron chi connectivity index (χ4n) is 14.1. The molecule has 86 heavy (non-hydrogen) atoms. The van der Waals surface area contributed by atoms with Crippen molar-refractivity contribution in [3.8, 4) is 0 Å². The maximum absolute atomic E-state index is 5.20. The molecule has 15 heteroatoms. The number of rotatable bonds is 24. The van der Waals surface area contributed by atoms with Gasteiger partial charge in [-0.2, -0.15) is 0 Å². The number of hydrogen-bond acceptors (Lipinski definition) is 5. The maximum Gasteiger partial charge on any atom is 2.00 e. The zero-order valence-electron chi connectivity index (χ0n) is 59.6. The molecule has 0 N–H and O–H groups in total. The van der Waals surface area contributed by atoms with Gasteiger partial charge in [0.2, 0.25) is 0 Å². The van der Waals surface area contributed by atoms with Gasteiger partial charge in [0, 0.05) is 60.8 Å². The average molecular weight is 1350 g/mol. The zero-order valence-corrected chi connectivity index (χ0v) is 69.5. The van der Waals surface area contributed by atoms with Crippen molar-refractivity contribution in [2.24, 2.45) is 0 Å². The minimum atomic E-state index is -1.63. The molecular weight excluding hydrogens is 1220 g/mol. The van der Waals surface area contributed by atoms with E-state index < -0.39 is 32.9 Å². The molecule has 1 aliphatic rings. The molecule has 1 saturated heterocycles. The number of aromatic nitrogens is 4. The van der Waals surface area contributed by atoms with Crippen LogP contribution < -0.4 is 0 Å². The minimum absolute atomic E-state index is 0. The van der Waals surface area contributed by atoms with Gasteiger partial charge in [-0.15, -0.1) is 26.2 Å². The summed E-state index contributed by atoms with van der Waals surface area (Å²) in [6.45, 7) is 63.4. The van der Waals surface area contributed by atoms with E-state index in [1.165, 1.54) is 18.4 Å². The smallest absolute Gasteiger partial charge is 0.659 e. The predicted octanol–water partition coefficient (Wildman–Crippen LogP) is 23.3. The van der Waals surface area contributed by atoms with Gasteiger partial charge in [-0.1, -0.05) is 293 Å². The van der Waals surface area contributed by atoms with E-state index >= 15 is 0 Å². The molecule has 0 radical (unpaired) electrons. The van der Waals surface area contributed by atoms with Crippen LogP contribution in [0.2, 0.25) is 66.5 Å². The van der Waals surface area contributed by atoms with Gasteiger partial charge >= 0.3 is 39.0 Å². The fraction of sp³-hybridized carbons (Fsp3) is 0.634. The number of hydrogen-bond donors (Lipinski definition) is 0. The van der Waals surface area contributed by atoms with Gasteiger partial charge in [0.15, 0.2) is 0 Å². The van der Waals surface area contributed by atoms with Crippen molar-refractivity contribution in [2.45, 2.75) is 279 Å². The average Bonchev–Trinajstić information content (AvgIpc) is 4.20. The van der Waals surface area contributed by atoms with Crippen molar-refractivity contribution < 1.29 is 43.7 Å². The Balaban J connectivity index is 0. The molecule has 474 valence electrons. The first-order valence-corrected chi connectivity index (χ1v) is 41.2. The summed E-state index contributed by atoms with van der Waals surface area (Å²) in [7, 11) is -6.50. The summed E-state index contributed by atoms with van der Waals surface area (Å²) in [5, 5.41) is 0. The molecule has 9 nitrogen and oxygen atoms in total. The van der Waals surface area contributed by atoms with Crippen LogP contribution in [0.1, 0.15) is 207 Å². The zero-order chi connectivity index (χ0) is 63.7. The third-order valence-corrected chi connectivity index (χ3v) is 42.9. The van der Waals surface area contributed by atoms with Crippen LogP contribution in [-0.2, 0) is 69.9 Å². The van der Waals surface area contributed by atoms with Crippen molar-refractivity contribution in [1.82, 2.24) is 19.9 Å². The predicted molar refractivity (Wildman–Crippen MR) is 381 cm³/mol. The number of ether oxygens (including phenoxy) is 1. The molecule has 5 aromatic rings. The molecule has 0 amide bonds. The van der Waals surface area contributed by atoms with E-state index in [4.69, 9.17) is 24.7 Å². The number of pyridine rings is 4. The summed E-state index contributed by atoms with van der Waals surface area (Å²) in [5.74, 6) is 0. The van der Waals surface area contributed by atoms with E-state index in [2.05, 4.69) is 229 Å². The summed E-state index contributed by atoms with van der Waals surface area (Å²) < 4.78 is 4.94. The van der Waals surface area contributed by atoms with E-state index in [1.54, 1.807) is 0 Å². The Bertz CT molecular complexity index is 1980. The summed E-state index contributed by atoms with van der Waals surface area (Å²) in [6, 6.07) is 34.6. The van der Waals surface area contributed by atoms with Crippen LogP contribution in [0, 0.1) is 6.92 Å². The van der Waals surface area contributed by atoms with Crippen LogP contribution in [0.5, 0.6) is 0 Å². The van der Waals surface area contributed by atoms with Gasteiger partial charge in [0.25, 0.3) is 0 Å². The Morgan fingerprint density at radius 1 is 0.302 bits per heavy atom. The maximum atomic E-state index is 5.20. The molecule has 5 heterocycles. The number of nitrogens with zero attached hydrogens (tertiary/aromatic N) is 8. The Kier molecular flexibility index (Phi) is 45.0. The van der Waals surface area contributed by atoms with Crippen molar-refractivity contribution in [3.05, 3.63) is 176 Å².